The van der Waals surface area contributed by atoms with E-state index in [9.17, 15) is 14.4 Å². The number of methoxy groups -OCH3 is 1. The molecule has 0 aromatic heterocycles. The Morgan fingerprint density at radius 3 is 2.33 bits per heavy atom. The van der Waals surface area contributed by atoms with Crippen molar-refractivity contribution in [3.8, 4) is 0 Å². The van der Waals surface area contributed by atoms with Crippen LogP contribution in [0.5, 0.6) is 0 Å². The molecule has 0 aliphatic carbocycles. The fraction of sp³-hybridized carbons (Fsp3) is 0.296. The van der Waals surface area contributed by atoms with Gasteiger partial charge >= 0.3 is 5.97 Å². The highest BCUT2D eigenvalue weighted by Gasteiger charge is 2.31. The lowest BCUT2D eigenvalue weighted by molar-refractivity contribution is -0.145. The molecule has 33 heavy (non-hydrogen) atoms. The van der Waals surface area contributed by atoms with Crippen LogP contribution in [-0.4, -0.2) is 48.9 Å². The summed E-state index contributed by atoms with van der Waals surface area (Å²) in [6.45, 7) is 1.00. The molecule has 3 aromatic carbocycles. The Labute approximate surface area is 193 Å². The van der Waals surface area contributed by atoms with E-state index >= 15 is 0 Å². The van der Waals surface area contributed by atoms with E-state index in [2.05, 4.69) is 5.32 Å². The van der Waals surface area contributed by atoms with Crippen molar-refractivity contribution in [3.05, 3.63) is 83.9 Å². The third-order valence-corrected chi connectivity index (χ3v) is 6.26. The zero-order chi connectivity index (χ0) is 23.2. The molecule has 0 saturated carbocycles. The van der Waals surface area contributed by atoms with Crippen LogP contribution in [0.3, 0.4) is 0 Å². The summed E-state index contributed by atoms with van der Waals surface area (Å²) < 4.78 is 4.90. The second kappa shape index (κ2) is 10.3. The molecule has 0 bridgehead atoms. The molecule has 1 N–H and O–H groups in total. The monoisotopic (exact) mass is 444 g/mol. The van der Waals surface area contributed by atoms with Gasteiger partial charge in [-0.3, -0.25) is 9.59 Å². The summed E-state index contributed by atoms with van der Waals surface area (Å²) >= 11 is 0. The maximum atomic E-state index is 13.2. The van der Waals surface area contributed by atoms with Gasteiger partial charge in [0.2, 0.25) is 5.91 Å². The first-order valence-corrected chi connectivity index (χ1v) is 11.3. The summed E-state index contributed by atoms with van der Waals surface area (Å²) in [7, 11) is 1.32. The third kappa shape index (κ3) is 5.22. The average Bonchev–Trinajstić information content (AvgIpc) is 2.87. The lowest BCUT2D eigenvalue weighted by atomic mass is 9.94. The van der Waals surface area contributed by atoms with E-state index in [1.54, 1.807) is 0 Å². The second-order valence-electron chi connectivity index (χ2n) is 8.37. The summed E-state index contributed by atoms with van der Waals surface area (Å²) in [4.78, 5) is 40.1. The molecule has 3 aromatic rings. The number of likely N-dealkylation sites (tertiary alicyclic amines) is 1. The predicted molar refractivity (Wildman–Crippen MR) is 127 cm³/mol. The minimum Gasteiger partial charge on any atom is -0.467 e. The molecule has 1 saturated heterocycles. The van der Waals surface area contributed by atoms with Crippen LogP contribution in [-0.2, 0) is 20.7 Å². The van der Waals surface area contributed by atoms with E-state index in [0.717, 1.165) is 16.3 Å². The van der Waals surface area contributed by atoms with Crippen molar-refractivity contribution in [2.45, 2.75) is 25.3 Å². The number of nitrogens with one attached hydrogen (secondary N) is 1. The molecule has 1 fully saturated rings. The molecule has 6 nitrogen and oxygen atoms in total. The van der Waals surface area contributed by atoms with E-state index < -0.39 is 12.0 Å². The van der Waals surface area contributed by atoms with Gasteiger partial charge in [-0.2, -0.15) is 0 Å². The molecule has 4 rings (SSSR count). The van der Waals surface area contributed by atoms with Crippen LogP contribution in [0.25, 0.3) is 10.8 Å². The first-order valence-electron chi connectivity index (χ1n) is 11.3. The van der Waals surface area contributed by atoms with Crippen molar-refractivity contribution in [3.63, 3.8) is 0 Å². The van der Waals surface area contributed by atoms with Gasteiger partial charge in [-0.25, -0.2) is 4.79 Å². The number of rotatable bonds is 6. The van der Waals surface area contributed by atoms with Gasteiger partial charge in [0.05, 0.1) is 7.11 Å². The lowest BCUT2D eigenvalue weighted by Gasteiger charge is -2.32. The Morgan fingerprint density at radius 2 is 1.61 bits per heavy atom. The summed E-state index contributed by atoms with van der Waals surface area (Å²) in [6, 6.07) is 22.4. The Morgan fingerprint density at radius 1 is 0.939 bits per heavy atom. The standard InChI is InChI=1S/C27H28N2O4/c1-33-27(32)24(18-19-8-3-2-4-9-19)28-25(30)21-14-16-29(17-15-21)26(31)23-13-7-11-20-10-5-6-12-22(20)23/h2-13,21,24H,14-18H2,1H3,(H,28,30)/t24-/m1/s1. The number of carbonyl (C=O) groups is 3. The Bertz CT molecular complexity index is 1130. The van der Waals surface area contributed by atoms with Gasteiger partial charge in [-0.1, -0.05) is 66.7 Å². The Balaban J connectivity index is 1.38. The van der Waals surface area contributed by atoms with E-state index in [4.69, 9.17) is 4.74 Å². The van der Waals surface area contributed by atoms with Crippen molar-refractivity contribution in [1.29, 1.82) is 0 Å². The zero-order valence-corrected chi connectivity index (χ0v) is 18.7. The number of hydrogen-bond acceptors (Lipinski definition) is 4. The molecule has 6 heteroatoms. The van der Waals surface area contributed by atoms with Crippen molar-refractivity contribution in [1.82, 2.24) is 10.2 Å². The quantitative estimate of drug-likeness (QED) is 0.590. The first kappa shape index (κ1) is 22.5. The number of nitrogens with zero attached hydrogens (tertiary/aromatic N) is 1. The van der Waals surface area contributed by atoms with Crippen LogP contribution in [0.4, 0.5) is 0 Å². The van der Waals surface area contributed by atoms with Gasteiger partial charge in [0.25, 0.3) is 5.91 Å². The fourth-order valence-corrected chi connectivity index (χ4v) is 4.40. The van der Waals surface area contributed by atoms with Crippen LogP contribution in [0.15, 0.2) is 72.8 Å². The number of esters is 1. The third-order valence-electron chi connectivity index (χ3n) is 6.26. The van der Waals surface area contributed by atoms with Gasteiger partial charge < -0.3 is 15.0 Å². The Hall–Kier alpha value is -3.67. The van der Waals surface area contributed by atoms with Gasteiger partial charge in [0.1, 0.15) is 6.04 Å². The molecule has 0 radical (unpaired) electrons. The summed E-state index contributed by atoms with van der Waals surface area (Å²) in [5.74, 6) is -0.888. The van der Waals surface area contributed by atoms with E-state index in [-0.39, 0.29) is 17.7 Å². The minimum absolute atomic E-state index is 0.0119. The average molecular weight is 445 g/mol. The van der Waals surface area contributed by atoms with Crippen LogP contribution in [0.1, 0.15) is 28.8 Å². The summed E-state index contributed by atoms with van der Waals surface area (Å²) in [6.07, 6.45) is 1.49. The van der Waals surface area contributed by atoms with Gasteiger partial charge in [-0.15, -0.1) is 0 Å². The molecular formula is C27H28N2O4. The van der Waals surface area contributed by atoms with Crippen LogP contribution >= 0.6 is 0 Å². The number of hydrogen-bond donors (Lipinski definition) is 1. The second-order valence-corrected chi connectivity index (χ2v) is 8.37. The first-order chi connectivity index (χ1) is 16.1. The number of amides is 2. The van der Waals surface area contributed by atoms with Crippen LogP contribution in [0, 0.1) is 5.92 Å². The molecular weight excluding hydrogens is 416 g/mol. The topological polar surface area (TPSA) is 75.7 Å². The van der Waals surface area contributed by atoms with Gasteiger partial charge in [-0.05, 0) is 35.2 Å². The van der Waals surface area contributed by atoms with Crippen LogP contribution < -0.4 is 5.32 Å². The molecule has 0 spiro atoms. The highest BCUT2D eigenvalue weighted by molar-refractivity contribution is 6.07. The summed E-state index contributed by atoms with van der Waals surface area (Å²) in [5.41, 5.74) is 1.63. The molecule has 1 aliphatic rings. The van der Waals surface area contributed by atoms with Crippen molar-refractivity contribution >= 4 is 28.6 Å². The smallest absolute Gasteiger partial charge is 0.328 e. The normalized spacial score (nSPS) is 15.1. The highest BCUT2D eigenvalue weighted by atomic mass is 16.5. The van der Waals surface area contributed by atoms with E-state index in [1.165, 1.54) is 7.11 Å². The van der Waals surface area contributed by atoms with Crippen molar-refractivity contribution in [2.24, 2.45) is 5.92 Å². The van der Waals surface area contributed by atoms with E-state index in [0.29, 0.717) is 37.9 Å². The van der Waals surface area contributed by atoms with Crippen LogP contribution in [0.2, 0.25) is 0 Å². The zero-order valence-electron chi connectivity index (χ0n) is 18.7. The van der Waals surface area contributed by atoms with Crippen molar-refractivity contribution in [2.75, 3.05) is 20.2 Å². The number of carbonyl (C=O) groups excluding carboxylic acids is 3. The minimum atomic E-state index is -0.736. The number of ether oxygens (including phenoxy) is 1. The molecule has 1 atom stereocenters. The molecule has 170 valence electrons. The van der Waals surface area contributed by atoms with E-state index in [1.807, 2.05) is 77.7 Å². The fourth-order valence-electron chi connectivity index (χ4n) is 4.40. The lowest BCUT2D eigenvalue weighted by Crippen LogP contribution is -2.48. The number of piperidine rings is 1. The summed E-state index contributed by atoms with van der Waals surface area (Å²) in [5, 5.41) is 4.84. The maximum Gasteiger partial charge on any atom is 0.328 e. The van der Waals surface area contributed by atoms with Gasteiger partial charge in [0.15, 0.2) is 0 Å². The van der Waals surface area contributed by atoms with Gasteiger partial charge in [0, 0.05) is 31.0 Å². The maximum absolute atomic E-state index is 13.2. The molecule has 0 unspecified atom stereocenters. The highest BCUT2D eigenvalue weighted by Crippen LogP contribution is 2.24. The molecule has 1 heterocycles. The number of fused-ring (bicyclic) bond motifs is 1. The molecule has 1 aliphatic heterocycles. The molecule has 2 amide bonds. The Kier molecular flexibility index (Phi) is 7.03. The number of benzene rings is 3. The SMILES string of the molecule is COC(=O)[C@@H](Cc1ccccc1)NC(=O)C1CCN(C(=O)c2cccc3ccccc23)CC1. The van der Waals surface area contributed by atoms with Crippen molar-refractivity contribution < 1.29 is 19.1 Å². The largest absolute Gasteiger partial charge is 0.467 e. The predicted octanol–water partition coefficient (Wildman–Crippen LogP) is 3.59.